The fourth-order valence-corrected chi connectivity index (χ4v) is 5.35. The first-order chi connectivity index (χ1) is 19.0. The molecule has 3 N–H and O–H groups in total. The van der Waals surface area contributed by atoms with Gasteiger partial charge in [-0.1, -0.05) is 18.2 Å². The summed E-state index contributed by atoms with van der Waals surface area (Å²) < 4.78 is 18.5. The van der Waals surface area contributed by atoms with Gasteiger partial charge in [0.1, 0.15) is 11.3 Å². The fourth-order valence-electron chi connectivity index (χ4n) is 5.35. The highest BCUT2D eigenvalue weighted by Crippen LogP contribution is 2.40. The first kappa shape index (κ1) is 26.4. The van der Waals surface area contributed by atoms with E-state index in [-0.39, 0.29) is 0 Å². The van der Waals surface area contributed by atoms with Gasteiger partial charge in [0, 0.05) is 62.8 Å². The molecule has 39 heavy (non-hydrogen) atoms. The lowest BCUT2D eigenvalue weighted by molar-refractivity contribution is 0.324. The lowest BCUT2D eigenvalue weighted by Crippen LogP contribution is -2.47. The summed E-state index contributed by atoms with van der Waals surface area (Å²) in [7, 11) is 4.78. The molecule has 0 bridgehead atoms. The van der Waals surface area contributed by atoms with Crippen molar-refractivity contribution in [1.82, 2.24) is 14.5 Å². The number of methoxy groups -OCH3 is 3. The molecule has 2 aromatic heterocycles. The minimum Gasteiger partial charge on any atom is -0.493 e. The van der Waals surface area contributed by atoms with E-state index in [1.807, 2.05) is 22.8 Å². The number of fused-ring (bicyclic) bond motifs is 1. The van der Waals surface area contributed by atoms with E-state index in [1.165, 1.54) is 16.8 Å². The number of imidazole rings is 1. The van der Waals surface area contributed by atoms with Crippen LogP contribution in [-0.2, 0) is 6.54 Å². The number of ether oxygens (including phenoxy) is 3. The lowest BCUT2D eigenvalue weighted by atomic mass is 10.1. The Morgan fingerprint density at radius 2 is 1.49 bits per heavy atom. The van der Waals surface area contributed by atoms with Gasteiger partial charge < -0.3 is 35.1 Å². The van der Waals surface area contributed by atoms with E-state index in [4.69, 9.17) is 29.9 Å². The Morgan fingerprint density at radius 1 is 0.846 bits per heavy atom. The van der Waals surface area contributed by atoms with Crippen LogP contribution >= 0.6 is 0 Å². The molecule has 3 heterocycles. The zero-order valence-corrected chi connectivity index (χ0v) is 23.3. The molecular formula is C29H37N7O3. The third-order valence-electron chi connectivity index (χ3n) is 7.21. The molecule has 4 aromatic rings. The Hall–Kier alpha value is -4.18. The highest BCUT2D eigenvalue weighted by molar-refractivity contribution is 5.79. The highest BCUT2D eigenvalue weighted by atomic mass is 16.5. The van der Waals surface area contributed by atoms with Crippen LogP contribution in [0.5, 0.6) is 17.2 Å². The highest BCUT2D eigenvalue weighted by Gasteiger charge is 2.22. The van der Waals surface area contributed by atoms with Gasteiger partial charge in [-0.25, -0.2) is 9.97 Å². The monoisotopic (exact) mass is 531 g/mol. The number of benzene rings is 2. The van der Waals surface area contributed by atoms with E-state index in [2.05, 4.69) is 53.2 Å². The maximum Gasteiger partial charge on any atom is 0.209 e. The number of aromatic nitrogens is 3. The largest absolute Gasteiger partial charge is 0.493 e. The molecule has 0 aliphatic carbocycles. The fraction of sp³-hybridized carbons (Fsp3) is 0.379. The second-order valence-corrected chi connectivity index (χ2v) is 9.64. The van der Waals surface area contributed by atoms with Crippen LogP contribution in [0, 0.1) is 13.8 Å². The summed E-state index contributed by atoms with van der Waals surface area (Å²) in [5.41, 5.74) is 12.3. The van der Waals surface area contributed by atoms with Gasteiger partial charge in [-0.15, -0.1) is 0 Å². The first-order valence-corrected chi connectivity index (χ1v) is 13.2. The molecule has 0 atom stereocenters. The Kier molecular flexibility index (Phi) is 7.65. The summed E-state index contributed by atoms with van der Waals surface area (Å²) in [6.07, 6.45) is 0. The van der Waals surface area contributed by atoms with Crippen molar-refractivity contribution in [3.63, 3.8) is 0 Å². The first-order valence-electron chi connectivity index (χ1n) is 13.2. The molecule has 1 aliphatic rings. The van der Waals surface area contributed by atoms with Crippen molar-refractivity contribution in [3.8, 4) is 17.2 Å². The van der Waals surface area contributed by atoms with Gasteiger partial charge in [0.25, 0.3) is 0 Å². The molecule has 0 saturated carbocycles. The van der Waals surface area contributed by atoms with Crippen LogP contribution in [0.1, 0.15) is 11.1 Å². The number of piperazine rings is 1. The average Bonchev–Trinajstić information content (AvgIpc) is 3.28. The molecule has 10 nitrogen and oxygen atoms in total. The Bertz CT molecular complexity index is 1420. The van der Waals surface area contributed by atoms with Crippen molar-refractivity contribution in [2.45, 2.75) is 20.4 Å². The topological polar surface area (TPSA) is 103 Å². The van der Waals surface area contributed by atoms with Crippen molar-refractivity contribution in [1.29, 1.82) is 0 Å². The van der Waals surface area contributed by atoms with Crippen LogP contribution in [-0.4, -0.2) is 68.6 Å². The van der Waals surface area contributed by atoms with Crippen molar-refractivity contribution < 1.29 is 14.2 Å². The SMILES string of the molecule is COc1cc(Nc2nc3ccc(N4CCN(c5c(C)cccc5C)CC4)nc3n2CCN)cc(OC)c1OC. The van der Waals surface area contributed by atoms with Crippen molar-refractivity contribution in [3.05, 3.63) is 53.6 Å². The van der Waals surface area contributed by atoms with Crippen LogP contribution in [0.3, 0.4) is 0 Å². The van der Waals surface area contributed by atoms with Crippen molar-refractivity contribution in [2.75, 3.05) is 69.2 Å². The van der Waals surface area contributed by atoms with Gasteiger partial charge in [-0.3, -0.25) is 4.57 Å². The second kappa shape index (κ2) is 11.3. The Morgan fingerprint density at radius 3 is 2.08 bits per heavy atom. The summed E-state index contributed by atoms with van der Waals surface area (Å²) in [4.78, 5) is 14.7. The summed E-state index contributed by atoms with van der Waals surface area (Å²) >= 11 is 0. The van der Waals surface area contributed by atoms with Gasteiger partial charge in [0.2, 0.25) is 11.7 Å². The van der Waals surface area contributed by atoms with Crippen LogP contribution in [0.15, 0.2) is 42.5 Å². The summed E-state index contributed by atoms with van der Waals surface area (Å²) in [6.45, 7) is 9.08. The maximum absolute atomic E-state index is 6.00. The summed E-state index contributed by atoms with van der Waals surface area (Å²) in [6, 6.07) is 14.3. The number of nitrogens with zero attached hydrogens (tertiary/aromatic N) is 5. The Balaban J connectivity index is 1.41. The predicted molar refractivity (Wildman–Crippen MR) is 156 cm³/mol. The van der Waals surface area contributed by atoms with E-state index < -0.39 is 0 Å². The molecule has 1 aliphatic heterocycles. The smallest absolute Gasteiger partial charge is 0.209 e. The molecule has 2 aromatic carbocycles. The molecule has 0 amide bonds. The average molecular weight is 532 g/mol. The summed E-state index contributed by atoms with van der Waals surface area (Å²) in [5, 5.41) is 3.40. The second-order valence-electron chi connectivity index (χ2n) is 9.64. The molecule has 0 unspecified atom stereocenters. The van der Waals surface area contributed by atoms with Crippen LogP contribution in [0.4, 0.5) is 23.1 Å². The van der Waals surface area contributed by atoms with Crippen LogP contribution in [0.25, 0.3) is 11.2 Å². The summed E-state index contributed by atoms with van der Waals surface area (Å²) in [5.74, 6) is 3.24. The number of nitrogens with two attached hydrogens (primary N) is 1. The maximum atomic E-state index is 6.00. The number of aryl methyl sites for hydroxylation is 2. The van der Waals surface area contributed by atoms with E-state index in [1.54, 1.807) is 21.3 Å². The number of anilines is 4. The van der Waals surface area contributed by atoms with E-state index >= 15 is 0 Å². The predicted octanol–water partition coefficient (Wildman–Crippen LogP) is 4.10. The minimum atomic E-state index is 0.454. The number of para-hydroxylation sites is 1. The standard InChI is InChI=1S/C29H37N7O3/c1-19-7-6-8-20(2)26(19)35-15-13-34(14-16-35)25-10-9-22-28(33-25)36(12-11-30)29(32-22)31-21-17-23(37-3)27(39-5)24(18-21)38-4/h6-10,17-18H,11-16,30H2,1-5H3,(H,31,32). The number of nitrogens with one attached hydrogen (secondary N) is 1. The normalized spacial score (nSPS) is 13.6. The van der Waals surface area contributed by atoms with Gasteiger partial charge in [0.05, 0.1) is 21.3 Å². The number of pyridine rings is 1. The van der Waals surface area contributed by atoms with E-state index in [0.29, 0.717) is 36.3 Å². The van der Waals surface area contributed by atoms with Gasteiger partial charge >= 0.3 is 0 Å². The molecule has 206 valence electrons. The third kappa shape index (κ3) is 5.12. The number of rotatable bonds is 9. The Labute approximate surface area is 229 Å². The quantitative estimate of drug-likeness (QED) is 0.330. The molecule has 10 heteroatoms. The molecule has 0 spiro atoms. The van der Waals surface area contributed by atoms with E-state index in [0.717, 1.165) is 48.8 Å². The minimum absolute atomic E-state index is 0.454. The van der Waals surface area contributed by atoms with E-state index in [9.17, 15) is 0 Å². The van der Waals surface area contributed by atoms with Gasteiger partial charge in [-0.2, -0.15) is 0 Å². The number of hydrogen-bond donors (Lipinski definition) is 2. The van der Waals surface area contributed by atoms with Gasteiger partial charge in [-0.05, 0) is 37.1 Å². The van der Waals surface area contributed by atoms with Crippen molar-refractivity contribution >= 4 is 34.3 Å². The lowest BCUT2D eigenvalue weighted by Gasteiger charge is -2.38. The molecular weight excluding hydrogens is 494 g/mol. The molecule has 1 fully saturated rings. The van der Waals surface area contributed by atoms with Crippen LogP contribution in [0.2, 0.25) is 0 Å². The van der Waals surface area contributed by atoms with Crippen LogP contribution < -0.4 is 35.1 Å². The van der Waals surface area contributed by atoms with Crippen molar-refractivity contribution in [2.24, 2.45) is 5.73 Å². The molecule has 5 rings (SSSR count). The zero-order chi connectivity index (χ0) is 27.5. The zero-order valence-electron chi connectivity index (χ0n) is 23.3. The third-order valence-corrected chi connectivity index (χ3v) is 7.21. The number of hydrogen-bond acceptors (Lipinski definition) is 9. The van der Waals surface area contributed by atoms with Gasteiger partial charge in [0.15, 0.2) is 17.1 Å². The molecule has 1 saturated heterocycles. The molecule has 0 radical (unpaired) electrons.